The summed E-state index contributed by atoms with van der Waals surface area (Å²) >= 11 is 1.72. The van der Waals surface area contributed by atoms with Crippen LogP contribution in [0.4, 0.5) is 5.82 Å². The normalized spacial score (nSPS) is 23.4. The molecule has 1 aliphatic rings. The van der Waals surface area contributed by atoms with Gasteiger partial charge in [0.15, 0.2) is 6.23 Å². The number of aliphatic hydroxyl groups excluding tert-OH is 2. The fraction of sp³-hybridized carbons (Fsp3) is 0.409. The molecule has 1 saturated heterocycles. The van der Waals surface area contributed by atoms with Crippen LogP contribution in [-0.4, -0.2) is 64.5 Å². The predicted octanol–water partition coefficient (Wildman–Crippen LogP) is 2.27. The number of aliphatic hydroxyl groups is 2. The summed E-state index contributed by atoms with van der Waals surface area (Å²) < 4.78 is 7.72. The van der Waals surface area contributed by atoms with E-state index in [0.29, 0.717) is 22.6 Å². The first kappa shape index (κ1) is 21.2. The molecule has 168 valence electrons. The fourth-order valence-corrected chi connectivity index (χ4v) is 5.20. The maximum Gasteiger partial charge on any atom is 0.164 e. The Morgan fingerprint density at radius 3 is 2.88 bits per heavy atom. The Morgan fingerprint density at radius 1 is 1.12 bits per heavy atom. The van der Waals surface area contributed by atoms with Gasteiger partial charge in [-0.2, -0.15) is 11.8 Å². The molecule has 5 N–H and O–H groups in total. The van der Waals surface area contributed by atoms with Gasteiger partial charge in [0.25, 0.3) is 0 Å². The number of aryl methyl sites for hydroxylation is 1. The number of benzene rings is 1. The Bertz CT molecular complexity index is 1180. The smallest absolute Gasteiger partial charge is 0.164 e. The van der Waals surface area contributed by atoms with Crippen molar-refractivity contribution in [1.82, 2.24) is 24.5 Å². The van der Waals surface area contributed by atoms with E-state index in [1.807, 2.05) is 24.3 Å². The third kappa shape index (κ3) is 4.06. The second kappa shape index (κ2) is 9.07. The molecular formula is C22H26N6O3S. The first-order valence-electron chi connectivity index (χ1n) is 10.7. The van der Waals surface area contributed by atoms with Crippen molar-refractivity contribution in [3.05, 3.63) is 48.7 Å². The Morgan fingerprint density at radius 2 is 2.00 bits per heavy atom. The molecule has 9 nitrogen and oxygen atoms in total. The van der Waals surface area contributed by atoms with Crippen molar-refractivity contribution in [3.8, 4) is 0 Å². The summed E-state index contributed by atoms with van der Waals surface area (Å²) in [5.41, 5.74) is 8.54. The Kier molecular flexibility index (Phi) is 6.01. The van der Waals surface area contributed by atoms with Crippen LogP contribution in [0.15, 0.2) is 42.9 Å². The second-order valence-corrected chi connectivity index (χ2v) is 9.15. The van der Waals surface area contributed by atoms with Crippen LogP contribution in [-0.2, 0) is 11.2 Å². The van der Waals surface area contributed by atoms with Crippen molar-refractivity contribution in [2.75, 3.05) is 17.2 Å². The number of ether oxygens (including phenoxy) is 1. The molecule has 4 aromatic rings. The van der Waals surface area contributed by atoms with E-state index in [1.54, 1.807) is 28.6 Å². The number of nitrogens with one attached hydrogen (secondary N) is 1. The van der Waals surface area contributed by atoms with Gasteiger partial charge in [-0.1, -0.05) is 12.1 Å². The minimum Gasteiger partial charge on any atom is -0.387 e. The largest absolute Gasteiger partial charge is 0.387 e. The number of unbranched alkanes of at least 4 members (excludes halogenated alkanes) is 1. The topological polar surface area (TPSA) is 135 Å². The van der Waals surface area contributed by atoms with Crippen LogP contribution in [0.3, 0.4) is 0 Å². The zero-order chi connectivity index (χ0) is 22.1. The summed E-state index contributed by atoms with van der Waals surface area (Å²) in [6.45, 7) is 0. The van der Waals surface area contributed by atoms with E-state index in [0.717, 1.165) is 41.9 Å². The van der Waals surface area contributed by atoms with E-state index in [9.17, 15) is 10.2 Å². The number of aromatic amines is 1. The van der Waals surface area contributed by atoms with Crippen molar-refractivity contribution in [2.24, 2.45) is 0 Å². The molecule has 1 fully saturated rings. The molecule has 0 saturated carbocycles. The maximum atomic E-state index is 10.6. The van der Waals surface area contributed by atoms with Crippen LogP contribution in [0.1, 0.15) is 24.9 Å². The monoisotopic (exact) mass is 454 g/mol. The fourth-order valence-electron chi connectivity index (χ4n) is 4.11. The van der Waals surface area contributed by atoms with E-state index < -0.39 is 24.5 Å². The summed E-state index contributed by atoms with van der Waals surface area (Å²) in [5.74, 6) is 2.94. The van der Waals surface area contributed by atoms with Crippen LogP contribution >= 0.6 is 11.8 Å². The number of anilines is 1. The molecule has 5 rings (SSSR count). The predicted molar refractivity (Wildman–Crippen MR) is 124 cm³/mol. The second-order valence-electron chi connectivity index (χ2n) is 8.00. The first-order valence-corrected chi connectivity index (χ1v) is 11.9. The molecule has 3 aromatic heterocycles. The van der Waals surface area contributed by atoms with E-state index >= 15 is 0 Å². The molecule has 0 unspecified atom stereocenters. The van der Waals surface area contributed by atoms with Crippen molar-refractivity contribution in [1.29, 1.82) is 0 Å². The lowest BCUT2D eigenvalue weighted by atomic mass is 10.1. The highest BCUT2D eigenvalue weighted by atomic mass is 32.2. The number of imidazole rings is 1. The molecule has 0 radical (unpaired) electrons. The van der Waals surface area contributed by atoms with Gasteiger partial charge >= 0.3 is 0 Å². The van der Waals surface area contributed by atoms with Crippen LogP contribution < -0.4 is 5.73 Å². The van der Waals surface area contributed by atoms with Gasteiger partial charge in [-0.15, -0.1) is 0 Å². The molecule has 0 amide bonds. The van der Waals surface area contributed by atoms with Crippen LogP contribution in [0, 0.1) is 0 Å². The summed E-state index contributed by atoms with van der Waals surface area (Å²) in [5, 5.41) is 21.8. The number of nitrogen functional groups attached to an aromatic ring is 1. The Balaban J connectivity index is 1.10. The van der Waals surface area contributed by atoms with Crippen LogP contribution in [0.5, 0.6) is 0 Å². The third-order valence-electron chi connectivity index (χ3n) is 5.82. The SMILES string of the molecule is Nc1ncnc2c1ccn2[C@@H]1O[C@H](CSCCCCc2nc3ccccc3[nH]2)[C@@H](O)[C@H]1O. The van der Waals surface area contributed by atoms with Gasteiger partial charge in [0.2, 0.25) is 0 Å². The molecule has 0 aliphatic carbocycles. The number of thioether (sulfide) groups is 1. The highest BCUT2D eigenvalue weighted by molar-refractivity contribution is 7.99. The Labute approximate surface area is 189 Å². The van der Waals surface area contributed by atoms with Crippen LogP contribution in [0.25, 0.3) is 22.1 Å². The van der Waals surface area contributed by atoms with Gasteiger partial charge in [-0.05, 0) is 36.8 Å². The molecule has 0 spiro atoms. The highest BCUT2D eigenvalue weighted by Crippen LogP contribution is 2.34. The van der Waals surface area contributed by atoms with Gasteiger partial charge in [0.1, 0.15) is 35.8 Å². The summed E-state index contributed by atoms with van der Waals surface area (Å²) in [4.78, 5) is 16.2. The van der Waals surface area contributed by atoms with Gasteiger partial charge in [0.05, 0.1) is 22.5 Å². The minimum absolute atomic E-state index is 0.372. The maximum absolute atomic E-state index is 10.6. The number of H-pyrrole nitrogens is 1. The molecule has 1 aliphatic heterocycles. The number of nitrogens with two attached hydrogens (primary N) is 1. The quantitative estimate of drug-likeness (QED) is 0.298. The summed E-state index contributed by atoms with van der Waals surface area (Å²) in [7, 11) is 0. The number of rotatable bonds is 8. The number of aromatic nitrogens is 5. The van der Waals surface area contributed by atoms with Crippen molar-refractivity contribution in [2.45, 2.75) is 43.8 Å². The Hall–Kier alpha value is -2.66. The summed E-state index contributed by atoms with van der Waals surface area (Å²) in [6.07, 6.45) is 2.94. The first-order chi connectivity index (χ1) is 15.6. The van der Waals surface area contributed by atoms with Crippen molar-refractivity contribution < 1.29 is 14.9 Å². The number of fused-ring (bicyclic) bond motifs is 2. The lowest BCUT2D eigenvalue weighted by Crippen LogP contribution is -2.32. The van der Waals surface area contributed by atoms with E-state index in [-0.39, 0.29) is 0 Å². The minimum atomic E-state index is -1.04. The summed E-state index contributed by atoms with van der Waals surface area (Å²) in [6, 6.07) is 9.83. The zero-order valence-corrected chi connectivity index (χ0v) is 18.3. The standard InChI is InChI=1S/C22H26N6O3S/c23-20-13-8-9-28(21(13)25-12-24-20)22-19(30)18(29)16(31-22)11-32-10-4-3-7-17-26-14-5-1-2-6-15(14)27-17/h1-2,5-6,8-9,12,16,18-19,22,29-30H,3-4,7,10-11H2,(H,26,27)(H2,23,24,25)/t16-,18-,19-,22-/m1/s1. The molecule has 1 aromatic carbocycles. The number of hydrogen-bond acceptors (Lipinski definition) is 8. The molecular weight excluding hydrogens is 428 g/mol. The van der Waals surface area contributed by atoms with Gasteiger partial charge in [-0.3, -0.25) is 0 Å². The molecule has 32 heavy (non-hydrogen) atoms. The van der Waals surface area contributed by atoms with E-state index in [4.69, 9.17) is 10.5 Å². The van der Waals surface area contributed by atoms with E-state index in [2.05, 4.69) is 19.9 Å². The van der Waals surface area contributed by atoms with Crippen molar-refractivity contribution in [3.63, 3.8) is 0 Å². The molecule has 0 bridgehead atoms. The lowest BCUT2D eigenvalue weighted by Gasteiger charge is -2.17. The number of nitrogens with zero attached hydrogens (tertiary/aromatic N) is 4. The van der Waals surface area contributed by atoms with E-state index in [1.165, 1.54) is 6.33 Å². The van der Waals surface area contributed by atoms with Gasteiger partial charge < -0.3 is 30.2 Å². The molecule has 4 heterocycles. The highest BCUT2D eigenvalue weighted by Gasteiger charge is 2.43. The van der Waals surface area contributed by atoms with Crippen molar-refractivity contribution >= 4 is 39.6 Å². The van der Waals surface area contributed by atoms with Gasteiger partial charge in [-0.25, -0.2) is 15.0 Å². The average Bonchev–Trinajstić information content (AvgIpc) is 3.48. The number of hydrogen-bond donors (Lipinski definition) is 4. The number of para-hydroxylation sites is 2. The molecule has 4 atom stereocenters. The molecule has 10 heteroatoms. The van der Waals surface area contributed by atoms with Gasteiger partial charge in [0, 0.05) is 18.4 Å². The average molecular weight is 455 g/mol. The van der Waals surface area contributed by atoms with Crippen LogP contribution in [0.2, 0.25) is 0 Å². The lowest BCUT2D eigenvalue weighted by molar-refractivity contribution is -0.0285. The third-order valence-corrected chi connectivity index (χ3v) is 6.97. The zero-order valence-electron chi connectivity index (χ0n) is 17.5.